The topological polar surface area (TPSA) is 105 Å². The van der Waals surface area contributed by atoms with Crippen molar-refractivity contribution in [2.45, 2.75) is 296 Å². The van der Waals surface area contributed by atoms with Crippen molar-refractivity contribution in [3.05, 3.63) is 72.9 Å². The molecule has 9 heteroatoms. The van der Waals surface area contributed by atoms with E-state index >= 15 is 0 Å². The molecule has 74 heavy (non-hydrogen) atoms. The molecule has 0 aromatic carbocycles. The molecular formula is C65H122N2O6P+. The number of carbonyl (C=O) groups excluding carboxylic acids is 1. The van der Waals surface area contributed by atoms with E-state index in [0.717, 1.165) is 64.2 Å². The summed E-state index contributed by atoms with van der Waals surface area (Å²) in [4.78, 5) is 23.3. The lowest BCUT2D eigenvalue weighted by Crippen LogP contribution is -2.45. The molecule has 0 radical (unpaired) electrons. The number of nitrogens with one attached hydrogen (secondary N) is 1. The fourth-order valence-electron chi connectivity index (χ4n) is 9.05. The highest BCUT2D eigenvalue weighted by atomic mass is 31.2. The smallest absolute Gasteiger partial charge is 0.387 e. The highest BCUT2D eigenvalue weighted by Gasteiger charge is 2.27. The Morgan fingerprint density at radius 2 is 0.824 bits per heavy atom. The lowest BCUT2D eigenvalue weighted by atomic mass is 10.0. The number of rotatable bonds is 57. The Balaban J connectivity index is 4.19. The molecule has 432 valence electrons. The highest BCUT2D eigenvalue weighted by Crippen LogP contribution is 2.43. The van der Waals surface area contributed by atoms with Crippen LogP contribution in [0, 0.1) is 0 Å². The number of allylic oxidation sites excluding steroid dienone is 11. The summed E-state index contributed by atoms with van der Waals surface area (Å²) < 4.78 is 23.7. The van der Waals surface area contributed by atoms with Crippen LogP contribution in [0.3, 0.4) is 0 Å². The molecule has 0 aromatic heterocycles. The Labute approximate surface area is 459 Å². The minimum atomic E-state index is -4.36. The van der Waals surface area contributed by atoms with Gasteiger partial charge in [0.25, 0.3) is 0 Å². The summed E-state index contributed by atoms with van der Waals surface area (Å²) in [5.74, 6) is -0.191. The Bertz CT molecular complexity index is 1430. The van der Waals surface area contributed by atoms with Gasteiger partial charge in [0.1, 0.15) is 13.2 Å². The van der Waals surface area contributed by atoms with Crippen LogP contribution in [-0.4, -0.2) is 73.4 Å². The molecule has 0 aromatic rings. The summed E-state index contributed by atoms with van der Waals surface area (Å²) in [5, 5.41) is 13.9. The maximum atomic E-state index is 13.0. The van der Waals surface area contributed by atoms with Crippen molar-refractivity contribution in [1.29, 1.82) is 0 Å². The molecule has 0 bridgehead atoms. The standard InChI is InChI=1S/C65H121N2O6P/c1-6-8-10-12-14-16-18-20-22-24-26-28-30-31-32-33-34-35-37-38-40-42-44-46-48-50-52-54-56-58-64(68)63(62-73-74(70,71)72-61-60-67(3,4)5)66-65(69)59-57-55-53-51-49-47-45-43-41-39-36-29-27-25-23-21-19-17-15-13-11-9-7-2/h9,11,15,17,21,23,27,29,48,50,56,58,63-64,68H,6-8,10,12-14,16,18-20,22,24-26,28,30-47,49,51-55,57,59-62H2,1-5H3,(H-,66,69,70,71)/p+1/b11-9-,17-15-,23-21-,29-27-,50-48+,58-56+. The number of amides is 1. The molecule has 0 saturated heterocycles. The average molecular weight is 1060 g/mol. The van der Waals surface area contributed by atoms with Crippen molar-refractivity contribution in [3.8, 4) is 0 Å². The molecule has 1 amide bonds. The van der Waals surface area contributed by atoms with Crippen molar-refractivity contribution in [2.75, 3.05) is 40.9 Å². The van der Waals surface area contributed by atoms with Gasteiger partial charge in [-0.15, -0.1) is 0 Å². The lowest BCUT2D eigenvalue weighted by Gasteiger charge is -2.25. The number of unbranched alkanes of at least 4 members (excludes halogenated alkanes) is 34. The summed E-state index contributed by atoms with van der Waals surface area (Å²) in [7, 11) is 1.55. The monoisotopic (exact) mass is 1060 g/mol. The third kappa shape index (κ3) is 57.6. The van der Waals surface area contributed by atoms with E-state index < -0.39 is 20.0 Å². The zero-order chi connectivity index (χ0) is 54.2. The number of carbonyl (C=O) groups is 1. The van der Waals surface area contributed by atoms with Gasteiger partial charge in [0.05, 0.1) is 39.9 Å². The highest BCUT2D eigenvalue weighted by molar-refractivity contribution is 7.47. The minimum absolute atomic E-state index is 0.0528. The van der Waals surface area contributed by atoms with E-state index in [0.29, 0.717) is 17.4 Å². The van der Waals surface area contributed by atoms with Gasteiger partial charge in [-0.05, 0) is 70.6 Å². The third-order valence-electron chi connectivity index (χ3n) is 13.9. The number of hydrogen-bond donors (Lipinski definition) is 3. The van der Waals surface area contributed by atoms with Crippen LogP contribution in [0.15, 0.2) is 72.9 Å². The van der Waals surface area contributed by atoms with E-state index in [-0.39, 0.29) is 19.1 Å². The Morgan fingerprint density at radius 1 is 0.473 bits per heavy atom. The van der Waals surface area contributed by atoms with Crippen LogP contribution in [0.5, 0.6) is 0 Å². The van der Waals surface area contributed by atoms with Crippen molar-refractivity contribution >= 4 is 13.7 Å². The summed E-state index contributed by atoms with van der Waals surface area (Å²) in [5.41, 5.74) is 0. The molecular weight excluding hydrogens is 936 g/mol. The molecule has 0 spiro atoms. The molecule has 8 nitrogen and oxygen atoms in total. The number of phosphoric acid groups is 1. The predicted octanol–water partition coefficient (Wildman–Crippen LogP) is 19.4. The second-order valence-electron chi connectivity index (χ2n) is 22.4. The minimum Gasteiger partial charge on any atom is -0.387 e. The van der Waals surface area contributed by atoms with Crippen LogP contribution in [0.4, 0.5) is 0 Å². The molecule has 0 aliphatic carbocycles. The second-order valence-corrected chi connectivity index (χ2v) is 23.8. The first-order valence-electron chi connectivity index (χ1n) is 31.3. The first-order chi connectivity index (χ1) is 36.0. The largest absolute Gasteiger partial charge is 0.472 e. The van der Waals surface area contributed by atoms with Gasteiger partial charge < -0.3 is 19.8 Å². The zero-order valence-corrected chi connectivity index (χ0v) is 50.2. The summed E-state index contributed by atoms with van der Waals surface area (Å²) in [6.45, 7) is 4.71. The van der Waals surface area contributed by atoms with E-state index in [1.165, 1.54) is 199 Å². The Hall–Kier alpha value is -2.06. The lowest BCUT2D eigenvalue weighted by molar-refractivity contribution is -0.870. The van der Waals surface area contributed by atoms with E-state index in [9.17, 15) is 19.4 Å². The maximum Gasteiger partial charge on any atom is 0.472 e. The third-order valence-corrected chi connectivity index (χ3v) is 14.9. The Morgan fingerprint density at radius 3 is 1.24 bits per heavy atom. The SMILES string of the molecule is CC/C=C\C/C=C\C/C=C\C/C=C\CCCCCCCCCCCCC(=O)NC(COP(=O)(O)OCC[N+](C)(C)C)C(O)/C=C/CC/C=C/CCCCCCCCCCCCCCCCCCCCCCCCC. The number of aliphatic hydroxyl groups is 1. The van der Waals surface area contributed by atoms with Crippen LogP contribution in [0.2, 0.25) is 0 Å². The quantitative estimate of drug-likeness (QED) is 0.0243. The van der Waals surface area contributed by atoms with E-state index in [2.05, 4.69) is 79.9 Å². The maximum absolute atomic E-state index is 13.0. The molecule has 3 atom stereocenters. The van der Waals surface area contributed by atoms with E-state index in [1.54, 1.807) is 6.08 Å². The van der Waals surface area contributed by atoms with Crippen molar-refractivity contribution in [2.24, 2.45) is 0 Å². The molecule has 0 rings (SSSR count). The van der Waals surface area contributed by atoms with Crippen molar-refractivity contribution in [1.82, 2.24) is 5.32 Å². The molecule has 3 N–H and O–H groups in total. The number of quaternary nitrogens is 1. The first-order valence-corrected chi connectivity index (χ1v) is 32.8. The first kappa shape index (κ1) is 71.9. The number of phosphoric ester groups is 1. The molecule has 0 saturated carbocycles. The normalized spacial score (nSPS) is 14.3. The number of likely N-dealkylation sites (N-methyl/N-ethyl adjacent to an activating group) is 1. The van der Waals surface area contributed by atoms with E-state index in [4.69, 9.17) is 9.05 Å². The van der Waals surface area contributed by atoms with Gasteiger partial charge in [-0.3, -0.25) is 13.8 Å². The fourth-order valence-corrected chi connectivity index (χ4v) is 9.79. The molecule has 0 heterocycles. The number of hydrogen-bond acceptors (Lipinski definition) is 5. The second kappa shape index (κ2) is 55.7. The van der Waals surface area contributed by atoms with E-state index in [1.807, 2.05) is 27.2 Å². The van der Waals surface area contributed by atoms with Crippen LogP contribution >= 0.6 is 7.82 Å². The number of nitrogens with zero attached hydrogens (tertiary/aromatic N) is 1. The van der Waals surface area contributed by atoms with Gasteiger partial charge in [0, 0.05) is 6.42 Å². The van der Waals surface area contributed by atoms with Crippen LogP contribution in [0.1, 0.15) is 284 Å². The summed E-state index contributed by atoms with van der Waals surface area (Å²) >= 11 is 0. The summed E-state index contributed by atoms with van der Waals surface area (Å²) in [6.07, 6.45) is 77.4. The molecule has 0 fully saturated rings. The van der Waals surface area contributed by atoms with Crippen LogP contribution in [0.25, 0.3) is 0 Å². The number of aliphatic hydroxyl groups excluding tert-OH is 1. The van der Waals surface area contributed by atoms with Gasteiger partial charge in [-0.25, -0.2) is 4.57 Å². The predicted molar refractivity (Wildman–Crippen MR) is 323 cm³/mol. The molecule has 0 aliphatic rings. The van der Waals surface area contributed by atoms with Gasteiger partial charge in [-0.1, -0.05) is 279 Å². The van der Waals surface area contributed by atoms with Crippen LogP contribution in [-0.2, 0) is 18.4 Å². The van der Waals surface area contributed by atoms with Gasteiger partial charge in [-0.2, -0.15) is 0 Å². The average Bonchev–Trinajstić information content (AvgIpc) is 3.36. The van der Waals surface area contributed by atoms with Gasteiger partial charge in [0.2, 0.25) is 5.91 Å². The molecule has 3 unspecified atom stereocenters. The molecule has 0 aliphatic heterocycles. The van der Waals surface area contributed by atoms with Crippen molar-refractivity contribution in [3.63, 3.8) is 0 Å². The Kier molecular flexibility index (Phi) is 54.1. The van der Waals surface area contributed by atoms with Gasteiger partial charge in [0.15, 0.2) is 0 Å². The van der Waals surface area contributed by atoms with Crippen LogP contribution < -0.4 is 5.32 Å². The van der Waals surface area contributed by atoms with Crippen molar-refractivity contribution < 1.29 is 32.9 Å². The fraction of sp³-hybridized carbons (Fsp3) is 0.800. The zero-order valence-electron chi connectivity index (χ0n) is 49.3. The van der Waals surface area contributed by atoms with Gasteiger partial charge >= 0.3 is 7.82 Å². The summed E-state index contributed by atoms with van der Waals surface area (Å²) in [6, 6.07) is -0.871.